The van der Waals surface area contributed by atoms with Gasteiger partial charge in [0.15, 0.2) is 0 Å². The Bertz CT molecular complexity index is 699. The van der Waals surface area contributed by atoms with Crippen molar-refractivity contribution in [3.8, 4) is 5.75 Å². The first kappa shape index (κ1) is 21.9. The van der Waals surface area contributed by atoms with E-state index in [1.807, 2.05) is 12.1 Å². The number of methoxy groups -OCH3 is 1. The fourth-order valence-corrected chi connectivity index (χ4v) is 6.10. The van der Waals surface area contributed by atoms with E-state index in [9.17, 15) is 5.11 Å². The van der Waals surface area contributed by atoms with Gasteiger partial charge in [0, 0.05) is 45.0 Å². The number of benzene rings is 1. The third-order valence-corrected chi connectivity index (χ3v) is 8.76. The first-order valence-corrected chi connectivity index (χ1v) is 11.7. The van der Waals surface area contributed by atoms with Crippen LogP contribution < -0.4 is 9.64 Å². The van der Waals surface area contributed by atoms with Gasteiger partial charge in [0.1, 0.15) is 5.75 Å². The lowest BCUT2D eigenvalue weighted by molar-refractivity contribution is -0.0564. The summed E-state index contributed by atoms with van der Waals surface area (Å²) in [7, 11) is 1.70. The van der Waals surface area contributed by atoms with Crippen LogP contribution in [0, 0.1) is 16.7 Å². The molecular formula is C25H40N2O3. The van der Waals surface area contributed by atoms with Crippen LogP contribution in [0.1, 0.15) is 46.5 Å². The number of fused-ring (bicyclic) bond motifs is 2. The van der Waals surface area contributed by atoms with Crippen molar-refractivity contribution < 1.29 is 14.6 Å². The van der Waals surface area contributed by atoms with Gasteiger partial charge in [-0.25, -0.2) is 0 Å². The molecule has 0 amide bonds. The third kappa shape index (κ3) is 4.09. The zero-order valence-electron chi connectivity index (χ0n) is 19.3. The van der Waals surface area contributed by atoms with Crippen molar-refractivity contribution in [3.63, 3.8) is 0 Å². The summed E-state index contributed by atoms with van der Waals surface area (Å²) in [6, 6.07) is 8.28. The molecule has 2 aliphatic carbocycles. The molecule has 3 aliphatic rings. The van der Waals surface area contributed by atoms with E-state index in [0.717, 1.165) is 50.8 Å². The highest BCUT2D eigenvalue weighted by Gasteiger charge is 2.61. The van der Waals surface area contributed by atoms with Crippen LogP contribution in [0.4, 0.5) is 5.69 Å². The lowest BCUT2D eigenvalue weighted by Crippen LogP contribution is -2.48. The van der Waals surface area contributed by atoms with Gasteiger partial charge in [0.2, 0.25) is 0 Å². The van der Waals surface area contributed by atoms with E-state index in [1.165, 1.54) is 24.9 Å². The van der Waals surface area contributed by atoms with Gasteiger partial charge in [-0.05, 0) is 66.7 Å². The molecule has 0 aromatic heterocycles. The van der Waals surface area contributed by atoms with E-state index in [2.05, 4.69) is 42.7 Å². The Labute approximate surface area is 182 Å². The van der Waals surface area contributed by atoms with Gasteiger partial charge in [-0.3, -0.25) is 4.90 Å². The fraction of sp³-hybridized carbons (Fsp3) is 0.760. The number of rotatable bonds is 8. The third-order valence-electron chi connectivity index (χ3n) is 8.76. The summed E-state index contributed by atoms with van der Waals surface area (Å²) < 4.78 is 11.6. The minimum absolute atomic E-state index is 0.306. The Morgan fingerprint density at radius 1 is 1.10 bits per heavy atom. The summed E-state index contributed by atoms with van der Waals surface area (Å²) in [6.45, 7) is 12.7. The standard InChI is InChI=1S/C25H40N2O3/c1-24(2)19-9-11-25(24,3)23(17-19)30-16-10-21(28)18-26-12-14-27(15-13-26)20-5-7-22(29-4)8-6-20/h5-8,19,21,23,28H,9-18H2,1-4H3/t19-,21-,23+,25+/m0/s1. The monoisotopic (exact) mass is 416 g/mol. The van der Waals surface area contributed by atoms with Crippen molar-refractivity contribution >= 4 is 5.69 Å². The quantitative estimate of drug-likeness (QED) is 0.698. The van der Waals surface area contributed by atoms with E-state index in [0.29, 0.717) is 23.5 Å². The zero-order chi connectivity index (χ0) is 21.4. The second-order valence-corrected chi connectivity index (χ2v) is 10.4. The topological polar surface area (TPSA) is 45.2 Å². The second-order valence-electron chi connectivity index (χ2n) is 10.4. The SMILES string of the molecule is COc1ccc(N2CCN(C[C@@H](O)CCO[C@@H]3C[C@@H]4CC[C@@]3(C)C4(C)C)CC2)cc1. The van der Waals surface area contributed by atoms with Crippen molar-refractivity contribution in [1.82, 2.24) is 4.90 Å². The van der Waals surface area contributed by atoms with Crippen LogP contribution in [0.15, 0.2) is 24.3 Å². The number of hydrogen-bond acceptors (Lipinski definition) is 5. The van der Waals surface area contributed by atoms with Crippen LogP contribution in [-0.2, 0) is 4.74 Å². The highest BCUT2D eigenvalue weighted by molar-refractivity contribution is 5.49. The molecule has 1 aromatic carbocycles. The molecule has 0 unspecified atom stereocenters. The zero-order valence-corrected chi connectivity index (χ0v) is 19.3. The molecule has 1 N–H and O–H groups in total. The molecule has 4 rings (SSSR count). The lowest BCUT2D eigenvalue weighted by Gasteiger charge is -2.39. The Morgan fingerprint density at radius 2 is 1.80 bits per heavy atom. The molecule has 1 heterocycles. The minimum Gasteiger partial charge on any atom is -0.497 e. The first-order chi connectivity index (χ1) is 14.3. The number of anilines is 1. The van der Waals surface area contributed by atoms with E-state index in [1.54, 1.807) is 7.11 Å². The number of aliphatic hydroxyl groups excluding tert-OH is 1. The van der Waals surface area contributed by atoms with Crippen LogP contribution in [0.25, 0.3) is 0 Å². The molecule has 3 fully saturated rings. The molecule has 0 radical (unpaired) electrons. The Hall–Kier alpha value is -1.30. The average molecular weight is 417 g/mol. The van der Waals surface area contributed by atoms with Crippen molar-refractivity contribution in [3.05, 3.63) is 24.3 Å². The van der Waals surface area contributed by atoms with Crippen molar-refractivity contribution in [2.75, 3.05) is 51.3 Å². The molecule has 5 heteroatoms. The fourth-order valence-electron chi connectivity index (χ4n) is 6.10. The summed E-state index contributed by atoms with van der Waals surface area (Å²) >= 11 is 0. The number of hydrogen-bond donors (Lipinski definition) is 1. The van der Waals surface area contributed by atoms with Crippen molar-refractivity contribution in [1.29, 1.82) is 0 Å². The summed E-state index contributed by atoms with van der Waals surface area (Å²) in [5, 5.41) is 10.6. The largest absolute Gasteiger partial charge is 0.497 e. The van der Waals surface area contributed by atoms with Gasteiger partial charge in [-0.15, -0.1) is 0 Å². The molecule has 5 nitrogen and oxygen atoms in total. The van der Waals surface area contributed by atoms with E-state index in [-0.39, 0.29) is 6.10 Å². The molecule has 1 aliphatic heterocycles. The second kappa shape index (κ2) is 8.68. The van der Waals surface area contributed by atoms with Gasteiger partial charge in [0.25, 0.3) is 0 Å². The Morgan fingerprint density at radius 3 is 2.37 bits per heavy atom. The van der Waals surface area contributed by atoms with Crippen LogP contribution >= 0.6 is 0 Å². The van der Waals surface area contributed by atoms with Crippen LogP contribution in [0.5, 0.6) is 5.75 Å². The highest BCUT2D eigenvalue weighted by Crippen LogP contribution is 2.66. The van der Waals surface area contributed by atoms with Gasteiger partial charge in [0.05, 0.1) is 19.3 Å². The molecule has 2 bridgehead atoms. The first-order valence-electron chi connectivity index (χ1n) is 11.7. The number of ether oxygens (including phenoxy) is 2. The molecule has 0 spiro atoms. The average Bonchev–Trinajstić information content (AvgIpc) is 3.08. The number of aliphatic hydroxyl groups is 1. The molecule has 4 atom stereocenters. The molecule has 1 aromatic rings. The Balaban J connectivity index is 1.16. The number of β-amino-alcohol motifs (C(OH)–C–C–N with tert-alkyl or cyclic N) is 1. The van der Waals surface area contributed by atoms with Gasteiger partial charge in [-0.1, -0.05) is 20.8 Å². The maximum Gasteiger partial charge on any atom is 0.119 e. The number of piperazine rings is 1. The Kier molecular flexibility index (Phi) is 6.34. The normalized spacial score (nSPS) is 31.8. The van der Waals surface area contributed by atoms with Gasteiger partial charge in [-0.2, -0.15) is 0 Å². The summed E-state index contributed by atoms with van der Waals surface area (Å²) in [5.74, 6) is 1.70. The predicted molar refractivity (Wildman–Crippen MR) is 121 cm³/mol. The highest BCUT2D eigenvalue weighted by atomic mass is 16.5. The molecule has 30 heavy (non-hydrogen) atoms. The molecule has 1 saturated heterocycles. The summed E-state index contributed by atoms with van der Waals surface area (Å²) in [4.78, 5) is 4.79. The predicted octanol–water partition coefficient (Wildman–Crippen LogP) is 3.80. The minimum atomic E-state index is -0.308. The van der Waals surface area contributed by atoms with Gasteiger partial charge < -0.3 is 19.5 Å². The van der Waals surface area contributed by atoms with Crippen molar-refractivity contribution in [2.45, 2.75) is 58.7 Å². The van der Waals surface area contributed by atoms with Gasteiger partial charge >= 0.3 is 0 Å². The maximum atomic E-state index is 10.6. The van der Waals surface area contributed by atoms with Crippen LogP contribution in [-0.4, -0.2) is 68.7 Å². The van der Waals surface area contributed by atoms with Crippen molar-refractivity contribution in [2.24, 2.45) is 16.7 Å². The molecule has 2 saturated carbocycles. The van der Waals surface area contributed by atoms with E-state index >= 15 is 0 Å². The molecule has 168 valence electrons. The van der Waals surface area contributed by atoms with Crippen LogP contribution in [0.3, 0.4) is 0 Å². The summed E-state index contributed by atoms with van der Waals surface area (Å²) in [6.07, 6.45) is 4.64. The van der Waals surface area contributed by atoms with Crippen LogP contribution in [0.2, 0.25) is 0 Å². The van der Waals surface area contributed by atoms with E-state index < -0.39 is 0 Å². The van der Waals surface area contributed by atoms with E-state index in [4.69, 9.17) is 9.47 Å². The molecular weight excluding hydrogens is 376 g/mol. The number of nitrogens with zero attached hydrogens (tertiary/aromatic N) is 2. The smallest absolute Gasteiger partial charge is 0.119 e. The summed E-state index contributed by atoms with van der Waals surface area (Å²) in [5.41, 5.74) is 1.94. The lowest BCUT2D eigenvalue weighted by atomic mass is 9.70. The maximum absolute atomic E-state index is 10.6.